The number of aryl methyl sites for hydroxylation is 1. The second kappa shape index (κ2) is 8.32. The highest BCUT2D eigenvalue weighted by Crippen LogP contribution is 2.13. The van der Waals surface area contributed by atoms with E-state index in [-0.39, 0.29) is 30.9 Å². The largest absolute Gasteiger partial charge is 0.354 e. The molecule has 1 aromatic carbocycles. The maximum Gasteiger partial charge on any atom is 0.275 e. The first-order valence-corrected chi connectivity index (χ1v) is 6.97. The van der Waals surface area contributed by atoms with Gasteiger partial charge in [0.25, 0.3) is 11.8 Å². The quantitative estimate of drug-likeness (QED) is 0.642. The zero-order valence-electron chi connectivity index (χ0n) is 12.4. The Morgan fingerprint density at radius 3 is 2.30 bits per heavy atom. The van der Waals surface area contributed by atoms with E-state index in [2.05, 4.69) is 29.7 Å². The molecule has 0 aliphatic carbocycles. The highest BCUT2D eigenvalue weighted by Gasteiger charge is 2.11. The first-order valence-electron chi connectivity index (χ1n) is 6.97. The molecule has 5 nitrogen and oxygen atoms in total. The van der Waals surface area contributed by atoms with Crippen molar-refractivity contribution in [2.24, 2.45) is 0 Å². The number of rotatable bonds is 7. The summed E-state index contributed by atoms with van der Waals surface area (Å²) >= 11 is 0. The summed E-state index contributed by atoms with van der Waals surface area (Å²) in [7, 11) is 1.58. The molecule has 0 bridgehead atoms. The molecule has 4 N–H and O–H groups in total. The Labute approximate surface area is 120 Å². The van der Waals surface area contributed by atoms with Crippen molar-refractivity contribution in [3.05, 3.63) is 35.4 Å². The van der Waals surface area contributed by atoms with Crippen LogP contribution in [0.2, 0.25) is 0 Å². The van der Waals surface area contributed by atoms with Crippen molar-refractivity contribution in [1.29, 1.82) is 0 Å². The summed E-state index contributed by atoms with van der Waals surface area (Å²) in [4.78, 5) is 22.8. The topological polar surface area (TPSA) is 74.8 Å². The van der Waals surface area contributed by atoms with Crippen LogP contribution in [0.3, 0.4) is 0 Å². The number of carbonyl (C=O) groups excluding carboxylic acids is 2. The van der Waals surface area contributed by atoms with Gasteiger partial charge in [-0.2, -0.15) is 0 Å². The van der Waals surface area contributed by atoms with Gasteiger partial charge in [0.15, 0.2) is 13.1 Å². The Kier molecular flexibility index (Phi) is 6.73. The van der Waals surface area contributed by atoms with Crippen LogP contribution in [0.5, 0.6) is 0 Å². The molecule has 0 saturated heterocycles. The minimum Gasteiger partial charge on any atom is -0.354 e. The van der Waals surface area contributed by atoms with E-state index >= 15 is 0 Å². The summed E-state index contributed by atoms with van der Waals surface area (Å²) in [6, 6.07) is 8.21. The number of likely N-dealkylation sites (N-methyl/N-ethyl adjacent to an activating group) is 1. The molecular formula is C15H24N3O2+. The molecule has 0 aliphatic heterocycles. The number of nitrogens with one attached hydrogen (secondary N) is 2. The van der Waals surface area contributed by atoms with E-state index in [9.17, 15) is 9.59 Å². The Hall–Kier alpha value is -1.88. The maximum absolute atomic E-state index is 11.7. The van der Waals surface area contributed by atoms with Crippen molar-refractivity contribution in [2.45, 2.75) is 26.3 Å². The van der Waals surface area contributed by atoms with E-state index in [0.29, 0.717) is 0 Å². The summed E-state index contributed by atoms with van der Waals surface area (Å²) < 4.78 is 0. The predicted molar refractivity (Wildman–Crippen MR) is 78.1 cm³/mol. The molecule has 1 aromatic rings. The van der Waals surface area contributed by atoms with Gasteiger partial charge in [-0.15, -0.1) is 0 Å². The van der Waals surface area contributed by atoms with Crippen molar-refractivity contribution >= 4 is 11.8 Å². The molecule has 0 unspecified atom stereocenters. The summed E-state index contributed by atoms with van der Waals surface area (Å²) in [5.41, 5.74) is 2.37. The lowest BCUT2D eigenvalue weighted by Gasteiger charge is -2.14. The van der Waals surface area contributed by atoms with Gasteiger partial charge in [-0.3, -0.25) is 9.59 Å². The molecule has 0 radical (unpaired) electrons. The third-order valence-electron chi connectivity index (χ3n) is 3.20. The molecule has 5 heteroatoms. The molecule has 0 aliphatic rings. The van der Waals surface area contributed by atoms with Crippen LogP contribution in [-0.4, -0.2) is 32.0 Å². The van der Waals surface area contributed by atoms with Crippen LogP contribution in [0.15, 0.2) is 24.3 Å². The summed E-state index contributed by atoms with van der Waals surface area (Å²) in [5.74, 6) is -0.151. The molecule has 20 heavy (non-hydrogen) atoms. The van der Waals surface area contributed by atoms with Crippen LogP contribution < -0.4 is 16.0 Å². The van der Waals surface area contributed by atoms with Gasteiger partial charge >= 0.3 is 0 Å². The Morgan fingerprint density at radius 2 is 1.75 bits per heavy atom. The van der Waals surface area contributed by atoms with Gasteiger partial charge < -0.3 is 16.0 Å². The highest BCUT2D eigenvalue weighted by molar-refractivity contribution is 5.78. The van der Waals surface area contributed by atoms with Gasteiger partial charge in [-0.1, -0.05) is 31.2 Å². The fourth-order valence-electron chi connectivity index (χ4n) is 1.86. The lowest BCUT2D eigenvalue weighted by Crippen LogP contribution is -2.88. The SMILES string of the molecule is CCc1ccc([C@@H](C)NC(=O)C[NH2+]CC(=O)NC)cc1. The van der Waals surface area contributed by atoms with Gasteiger partial charge in [0, 0.05) is 7.05 Å². The monoisotopic (exact) mass is 278 g/mol. The minimum atomic E-state index is -0.0824. The lowest BCUT2D eigenvalue weighted by atomic mass is 10.1. The number of nitrogens with two attached hydrogens (primary N) is 1. The first-order chi connectivity index (χ1) is 9.56. The second-order valence-electron chi connectivity index (χ2n) is 4.75. The van der Waals surface area contributed by atoms with Gasteiger partial charge in [-0.05, 0) is 24.5 Å². The van der Waals surface area contributed by atoms with E-state index in [1.807, 2.05) is 19.1 Å². The van der Waals surface area contributed by atoms with Crippen LogP contribution in [0, 0.1) is 0 Å². The molecular weight excluding hydrogens is 254 g/mol. The third kappa shape index (κ3) is 5.40. The zero-order valence-corrected chi connectivity index (χ0v) is 12.4. The molecule has 0 fully saturated rings. The van der Waals surface area contributed by atoms with E-state index in [1.165, 1.54) is 5.56 Å². The summed E-state index contributed by atoms with van der Waals surface area (Å²) in [6.45, 7) is 4.59. The van der Waals surface area contributed by atoms with E-state index < -0.39 is 0 Å². The first kappa shape index (κ1) is 16.2. The lowest BCUT2D eigenvalue weighted by molar-refractivity contribution is -0.633. The van der Waals surface area contributed by atoms with Crippen molar-refractivity contribution in [3.8, 4) is 0 Å². The average molecular weight is 278 g/mol. The number of quaternary nitrogens is 1. The van der Waals surface area contributed by atoms with Crippen molar-refractivity contribution < 1.29 is 14.9 Å². The van der Waals surface area contributed by atoms with Crippen molar-refractivity contribution in [2.75, 3.05) is 20.1 Å². The van der Waals surface area contributed by atoms with Crippen LogP contribution in [-0.2, 0) is 16.0 Å². The Morgan fingerprint density at radius 1 is 1.15 bits per heavy atom. The summed E-state index contributed by atoms with van der Waals surface area (Å²) in [6.07, 6.45) is 1.01. The molecule has 1 atom stereocenters. The molecule has 0 spiro atoms. The molecule has 1 rings (SSSR count). The zero-order chi connectivity index (χ0) is 15.0. The van der Waals surface area contributed by atoms with Gasteiger partial charge in [0.05, 0.1) is 6.04 Å². The third-order valence-corrected chi connectivity index (χ3v) is 3.20. The van der Waals surface area contributed by atoms with Gasteiger partial charge in [0.1, 0.15) is 0 Å². The molecule has 0 aromatic heterocycles. The standard InChI is InChI=1S/C15H23N3O2/c1-4-12-5-7-13(8-6-12)11(2)18-15(20)10-17-9-14(19)16-3/h5-8,11,17H,4,9-10H2,1-3H3,(H,16,19)(H,18,20)/p+1/t11-/m1/s1. The fourth-order valence-corrected chi connectivity index (χ4v) is 1.86. The van der Waals surface area contributed by atoms with Crippen LogP contribution >= 0.6 is 0 Å². The normalized spacial score (nSPS) is 11.8. The molecule has 110 valence electrons. The highest BCUT2D eigenvalue weighted by atomic mass is 16.2. The van der Waals surface area contributed by atoms with Crippen molar-refractivity contribution in [1.82, 2.24) is 10.6 Å². The van der Waals surface area contributed by atoms with Crippen molar-refractivity contribution in [3.63, 3.8) is 0 Å². The number of hydrogen-bond donors (Lipinski definition) is 3. The van der Waals surface area contributed by atoms with E-state index in [1.54, 1.807) is 12.4 Å². The molecule has 0 saturated carbocycles. The summed E-state index contributed by atoms with van der Waals surface area (Å²) in [5, 5.41) is 7.12. The average Bonchev–Trinajstić information content (AvgIpc) is 2.47. The molecule has 0 heterocycles. The fraction of sp³-hybridized carbons (Fsp3) is 0.467. The van der Waals surface area contributed by atoms with Gasteiger partial charge in [-0.25, -0.2) is 0 Å². The minimum absolute atomic E-state index is 0.0261. The second-order valence-corrected chi connectivity index (χ2v) is 4.75. The van der Waals surface area contributed by atoms with Crippen LogP contribution in [0.25, 0.3) is 0 Å². The number of benzene rings is 1. The smallest absolute Gasteiger partial charge is 0.275 e. The van der Waals surface area contributed by atoms with E-state index in [0.717, 1.165) is 12.0 Å². The van der Waals surface area contributed by atoms with Crippen LogP contribution in [0.4, 0.5) is 0 Å². The Balaban J connectivity index is 2.38. The number of carbonyl (C=O) groups is 2. The number of amides is 2. The predicted octanol–water partition coefficient (Wildman–Crippen LogP) is -0.264. The van der Waals surface area contributed by atoms with Crippen LogP contribution in [0.1, 0.15) is 31.0 Å². The van der Waals surface area contributed by atoms with E-state index in [4.69, 9.17) is 0 Å². The number of hydrogen-bond acceptors (Lipinski definition) is 2. The molecule has 2 amide bonds. The van der Waals surface area contributed by atoms with Gasteiger partial charge in [0.2, 0.25) is 0 Å². The maximum atomic E-state index is 11.7. The Bertz CT molecular complexity index is 443.